The van der Waals surface area contributed by atoms with E-state index in [1.807, 2.05) is 6.26 Å². The Labute approximate surface area is 79.3 Å². The SMILES string of the molecule is CSNC(CO)C1CCCCC1. The molecule has 72 valence electrons. The number of aliphatic hydroxyl groups is 1. The molecule has 1 saturated carbocycles. The molecule has 1 aliphatic rings. The van der Waals surface area contributed by atoms with Gasteiger partial charge >= 0.3 is 0 Å². The smallest absolute Gasteiger partial charge is 0.0596 e. The van der Waals surface area contributed by atoms with E-state index in [9.17, 15) is 0 Å². The van der Waals surface area contributed by atoms with Crippen LogP contribution in [0.2, 0.25) is 0 Å². The average molecular weight is 189 g/mol. The lowest BCUT2D eigenvalue weighted by molar-refractivity contribution is 0.190. The predicted octanol–water partition coefficient (Wildman–Crippen LogP) is 1.80. The Bertz CT molecular complexity index is 112. The molecule has 0 aromatic heterocycles. The summed E-state index contributed by atoms with van der Waals surface area (Å²) in [4.78, 5) is 0. The van der Waals surface area contributed by atoms with E-state index >= 15 is 0 Å². The van der Waals surface area contributed by atoms with Crippen LogP contribution in [0, 0.1) is 5.92 Å². The highest BCUT2D eigenvalue weighted by Crippen LogP contribution is 2.26. The second kappa shape index (κ2) is 5.84. The number of nitrogens with one attached hydrogen (secondary N) is 1. The van der Waals surface area contributed by atoms with Gasteiger partial charge in [0.1, 0.15) is 0 Å². The fraction of sp³-hybridized carbons (Fsp3) is 1.00. The first-order valence-corrected chi connectivity index (χ1v) is 6.00. The molecule has 0 radical (unpaired) electrons. The minimum absolute atomic E-state index is 0.283. The summed E-state index contributed by atoms with van der Waals surface area (Å²) >= 11 is 1.62. The third-order valence-corrected chi connectivity index (χ3v) is 3.22. The van der Waals surface area contributed by atoms with E-state index in [1.54, 1.807) is 11.9 Å². The maximum Gasteiger partial charge on any atom is 0.0596 e. The first kappa shape index (κ1) is 10.4. The maximum absolute atomic E-state index is 9.13. The number of hydrogen-bond acceptors (Lipinski definition) is 3. The van der Waals surface area contributed by atoms with Crippen LogP contribution < -0.4 is 4.72 Å². The minimum atomic E-state index is 0.283. The highest BCUT2D eigenvalue weighted by molar-refractivity contribution is 7.96. The number of hydrogen-bond donors (Lipinski definition) is 2. The number of aliphatic hydroxyl groups excluding tert-OH is 1. The van der Waals surface area contributed by atoms with Crippen LogP contribution in [0.5, 0.6) is 0 Å². The third-order valence-electron chi connectivity index (χ3n) is 2.68. The highest BCUT2D eigenvalue weighted by atomic mass is 32.2. The van der Waals surface area contributed by atoms with Gasteiger partial charge in [-0.3, -0.25) is 4.72 Å². The van der Waals surface area contributed by atoms with Crippen LogP contribution in [0.25, 0.3) is 0 Å². The van der Waals surface area contributed by atoms with Crippen molar-refractivity contribution < 1.29 is 5.11 Å². The van der Waals surface area contributed by atoms with E-state index in [4.69, 9.17) is 5.11 Å². The summed E-state index contributed by atoms with van der Waals surface area (Å²) in [6, 6.07) is 0.320. The predicted molar refractivity (Wildman–Crippen MR) is 54.1 cm³/mol. The zero-order valence-corrected chi connectivity index (χ0v) is 8.57. The van der Waals surface area contributed by atoms with Crippen LogP contribution in [-0.2, 0) is 0 Å². The van der Waals surface area contributed by atoms with Gasteiger partial charge in [0.2, 0.25) is 0 Å². The molecule has 12 heavy (non-hydrogen) atoms. The monoisotopic (exact) mass is 189 g/mol. The Balaban J connectivity index is 2.29. The van der Waals surface area contributed by atoms with Gasteiger partial charge in [-0.2, -0.15) is 0 Å². The van der Waals surface area contributed by atoms with Gasteiger partial charge in [-0.15, -0.1) is 0 Å². The van der Waals surface area contributed by atoms with E-state index < -0.39 is 0 Å². The Hall–Kier alpha value is 0.270. The molecule has 1 rings (SSSR count). The summed E-state index contributed by atoms with van der Waals surface area (Å²) in [5, 5.41) is 9.13. The van der Waals surface area contributed by atoms with Crippen molar-refractivity contribution in [3.63, 3.8) is 0 Å². The van der Waals surface area contributed by atoms with Gasteiger partial charge in [-0.25, -0.2) is 0 Å². The molecule has 0 spiro atoms. The fourth-order valence-corrected chi connectivity index (χ4v) is 2.54. The highest BCUT2D eigenvalue weighted by Gasteiger charge is 2.22. The van der Waals surface area contributed by atoms with E-state index in [0.29, 0.717) is 12.0 Å². The standard InChI is InChI=1S/C9H19NOS/c1-12-10-9(7-11)8-5-3-2-4-6-8/h8-11H,2-7H2,1H3. The Kier molecular flexibility index (Phi) is 5.04. The third kappa shape index (κ3) is 2.96. The second-order valence-corrected chi connectivity index (χ2v) is 4.15. The summed E-state index contributed by atoms with van der Waals surface area (Å²) in [6.07, 6.45) is 8.67. The Morgan fingerprint density at radius 2 is 2.08 bits per heavy atom. The molecule has 1 fully saturated rings. The molecule has 3 heteroatoms. The zero-order chi connectivity index (χ0) is 8.81. The lowest BCUT2D eigenvalue weighted by Gasteiger charge is -2.28. The van der Waals surface area contributed by atoms with Gasteiger partial charge in [0.15, 0.2) is 0 Å². The van der Waals surface area contributed by atoms with Crippen LogP contribution in [0.3, 0.4) is 0 Å². The molecule has 0 aromatic carbocycles. The quantitative estimate of drug-likeness (QED) is 0.661. The fourth-order valence-electron chi connectivity index (χ4n) is 1.97. The van der Waals surface area contributed by atoms with Crippen LogP contribution >= 0.6 is 11.9 Å². The summed E-state index contributed by atoms with van der Waals surface area (Å²) in [6.45, 7) is 0.283. The Morgan fingerprint density at radius 3 is 2.58 bits per heavy atom. The van der Waals surface area contributed by atoms with Crippen LogP contribution in [0.15, 0.2) is 0 Å². The minimum Gasteiger partial charge on any atom is -0.395 e. The zero-order valence-electron chi connectivity index (χ0n) is 7.75. The molecule has 0 aliphatic heterocycles. The van der Waals surface area contributed by atoms with Gasteiger partial charge in [-0.05, 0) is 25.0 Å². The van der Waals surface area contributed by atoms with Crippen LogP contribution in [0.1, 0.15) is 32.1 Å². The van der Waals surface area contributed by atoms with Gasteiger partial charge in [0, 0.05) is 6.04 Å². The molecule has 2 nitrogen and oxygen atoms in total. The van der Waals surface area contributed by atoms with E-state index in [2.05, 4.69) is 4.72 Å². The van der Waals surface area contributed by atoms with Crippen molar-refractivity contribution in [2.24, 2.45) is 5.92 Å². The van der Waals surface area contributed by atoms with Gasteiger partial charge in [-0.1, -0.05) is 31.2 Å². The molecule has 1 aliphatic carbocycles. The normalized spacial score (nSPS) is 22.5. The second-order valence-electron chi connectivity index (χ2n) is 3.51. The molecular weight excluding hydrogens is 170 g/mol. The Morgan fingerprint density at radius 1 is 1.42 bits per heavy atom. The average Bonchev–Trinajstić information content (AvgIpc) is 2.15. The van der Waals surface area contributed by atoms with Crippen molar-refractivity contribution >= 4 is 11.9 Å². The van der Waals surface area contributed by atoms with E-state index in [1.165, 1.54) is 32.1 Å². The van der Waals surface area contributed by atoms with E-state index in [-0.39, 0.29) is 6.61 Å². The molecule has 0 bridgehead atoms. The van der Waals surface area contributed by atoms with Crippen molar-refractivity contribution in [3.05, 3.63) is 0 Å². The van der Waals surface area contributed by atoms with Crippen LogP contribution in [-0.4, -0.2) is 24.0 Å². The molecular formula is C9H19NOS. The first-order chi connectivity index (χ1) is 5.88. The van der Waals surface area contributed by atoms with Crippen molar-refractivity contribution in [1.29, 1.82) is 0 Å². The lowest BCUT2D eigenvalue weighted by atomic mass is 9.84. The van der Waals surface area contributed by atoms with E-state index in [0.717, 1.165) is 0 Å². The van der Waals surface area contributed by atoms with Gasteiger partial charge < -0.3 is 5.11 Å². The summed E-state index contributed by atoms with van der Waals surface area (Å²) in [5.74, 6) is 0.705. The maximum atomic E-state index is 9.13. The number of rotatable bonds is 4. The van der Waals surface area contributed by atoms with Crippen molar-refractivity contribution in [2.75, 3.05) is 12.9 Å². The molecule has 0 heterocycles. The molecule has 1 atom stereocenters. The largest absolute Gasteiger partial charge is 0.395 e. The molecule has 2 N–H and O–H groups in total. The van der Waals surface area contributed by atoms with Crippen molar-refractivity contribution in [2.45, 2.75) is 38.1 Å². The van der Waals surface area contributed by atoms with Gasteiger partial charge in [0.05, 0.1) is 6.61 Å². The molecule has 0 amide bonds. The molecule has 1 unspecified atom stereocenters. The first-order valence-electron chi connectivity index (χ1n) is 4.78. The van der Waals surface area contributed by atoms with Crippen LogP contribution in [0.4, 0.5) is 0 Å². The van der Waals surface area contributed by atoms with Crippen molar-refractivity contribution in [3.8, 4) is 0 Å². The molecule has 0 aromatic rings. The summed E-state index contributed by atoms with van der Waals surface area (Å²) in [5.41, 5.74) is 0. The van der Waals surface area contributed by atoms with Crippen molar-refractivity contribution in [1.82, 2.24) is 4.72 Å². The van der Waals surface area contributed by atoms with Gasteiger partial charge in [0.25, 0.3) is 0 Å². The topological polar surface area (TPSA) is 32.3 Å². The lowest BCUT2D eigenvalue weighted by Crippen LogP contribution is -2.36. The summed E-state index contributed by atoms with van der Waals surface area (Å²) < 4.78 is 3.27. The summed E-state index contributed by atoms with van der Waals surface area (Å²) in [7, 11) is 0. The molecule has 0 saturated heterocycles.